The third kappa shape index (κ3) is 4.62. The third-order valence-electron chi connectivity index (χ3n) is 5.82. The number of nitrogens with one attached hydrogen (secondary N) is 2. The highest BCUT2D eigenvalue weighted by molar-refractivity contribution is 5.55. The van der Waals surface area contributed by atoms with E-state index in [0.29, 0.717) is 12.1 Å². The molecule has 1 aromatic carbocycles. The van der Waals surface area contributed by atoms with Gasteiger partial charge in [-0.25, -0.2) is 4.98 Å². The molecule has 4 rings (SSSR count). The summed E-state index contributed by atoms with van der Waals surface area (Å²) in [5.74, 6) is 2.34. The largest absolute Gasteiger partial charge is 0.335 e. The number of piperazine rings is 1. The number of hydrogen-bond donors (Lipinski definition) is 2. The third-order valence-corrected chi connectivity index (χ3v) is 5.82. The van der Waals surface area contributed by atoms with E-state index in [1.165, 1.54) is 5.56 Å². The number of likely N-dealkylation sites (N-methyl/N-ethyl adjacent to an activating group) is 1. The number of aromatic nitrogens is 4. The predicted molar refractivity (Wildman–Crippen MR) is 121 cm³/mol. The van der Waals surface area contributed by atoms with Gasteiger partial charge in [0, 0.05) is 49.4 Å². The summed E-state index contributed by atoms with van der Waals surface area (Å²) in [5.41, 5.74) is 3.33. The van der Waals surface area contributed by atoms with Gasteiger partial charge in [-0.05, 0) is 32.9 Å². The number of aromatic amines is 1. The van der Waals surface area contributed by atoms with Crippen LogP contribution in [0.15, 0.2) is 42.5 Å². The molecule has 3 heterocycles. The maximum atomic E-state index is 4.95. The van der Waals surface area contributed by atoms with Gasteiger partial charge in [-0.3, -0.25) is 10.00 Å². The lowest BCUT2D eigenvalue weighted by molar-refractivity contribution is 0.204. The molecule has 0 unspecified atom stereocenters. The first-order valence-corrected chi connectivity index (χ1v) is 10.7. The highest BCUT2D eigenvalue weighted by Gasteiger charge is 2.29. The van der Waals surface area contributed by atoms with Crippen LogP contribution in [-0.4, -0.2) is 57.3 Å². The summed E-state index contributed by atoms with van der Waals surface area (Å²) < 4.78 is 0. The van der Waals surface area contributed by atoms with Crippen molar-refractivity contribution >= 4 is 17.6 Å². The molecule has 0 amide bonds. The fourth-order valence-corrected chi connectivity index (χ4v) is 3.89. The Morgan fingerprint density at radius 1 is 1.03 bits per heavy atom. The smallest absolute Gasteiger partial charge is 0.227 e. The molecule has 1 aliphatic rings. The molecule has 1 aliphatic heterocycles. The summed E-state index contributed by atoms with van der Waals surface area (Å²) in [7, 11) is 2.18. The van der Waals surface area contributed by atoms with E-state index in [-0.39, 0.29) is 0 Å². The summed E-state index contributed by atoms with van der Waals surface area (Å²) in [4.78, 5) is 14.5. The van der Waals surface area contributed by atoms with E-state index in [1.54, 1.807) is 0 Å². The maximum absolute atomic E-state index is 4.95. The van der Waals surface area contributed by atoms with Crippen molar-refractivity contribution < 1.29 is 0 Å². The van der Waals surface area contributed by atoms with Gasteiger partial charge >= 0.3 is 0 Å². The molecule has 2 atom stereocenters. The Hall–Kier alpha value is -2.93. The van der Waals surface area contributed by atoms with Gasteiger partial charge in [0.2, 0.25) is 5.95 Å². The lowest BCUT2D eigenvalue weighted by Gasteiger charge is -2.42. The molecule has 158 valence electrons. The number of H-pyrrole nitrogens is 1. The van der Waals surface area contributed by atoms with E-state index in [0.717, 1.165) is 54.9 Å². The first kappa shape index (κ1) is 20.3. The Balaban J connectivity index is 1.66. The number of anilines is 3. The number of nitrogens with zero attached hydrogens (tertiary/aromatic N) is 5. The lowest BCUT2D eigenvalue weighted by atomic mass is 10.1. The molecule has 30 heavy (non-hydrogen) atoms. The van der Waals surface area contributed by atoms with Crippen LogP contribution in [0, 0.1) is 0 Å². The highest BCUT2D eigenvalue weighted by Crippen LogP contribution is 2.24. The Morgan fingerprint density at radius 2 is 1.83 bits per heavy atom. The van der Waals surface area contributed by atoms with Gasteiger partial charge in [0.1, 0.15) is 5.82 Å². The normalized spacial score (nSPS) is 19.8. The Kier molecular flexibility index (Phi) is 5.99. The van der Waals surface area contributed by atoms with E-state index in [4.69, 9.17) is 9.97 Å². The molecule has 1 fully saturated rings. The molecule has 0 saturated carbocycles. The van der Waals surface area contributed by atoms with Crippen LogP contribution in [0.25, 0.3) is 0 Å². The minimum absolute atomic E-state index is 0.350. The number of benzene rings is 1. The Labute approximate surface area is 178 Å². The quantitative estimate of drug-likeness (QED) is 0.653. The second kappa shape index (κ2) is 8.83. The predicted octanol–water partition coefficient (Wildman–Crippen LogP) is 3.63. The molecule has 0 radical (unpaired) electrons. The molecule has 7 heteroatoms. The van der Waals surface area contributed by atoms with Crippen LogP contribution in [0.3, 0.4) is 0 Å². The molecular weight excluding hydrogens is 374 g/mol. The van der Waals surface area contributed by atoms with Crippen LogP contribution < -0.4 is 10.2 Å². The van der Waals surface area contributed by atoms with Gasteiger partial charge in [-0.15, -0.1) is 0 Å². The van der Waals surface area contributed by atoms with Crippen LogP contribution >= 0.6 is 0 Å². The monoisotopic (exact) mass is 405 g/mol. The zero-order valence-corrected chi connectivity index (χ0v) is 18.3. The fourth-order valence-electron chi connectivity index (χ4n) is 3.89. The van der Waals surface area contributed by atoms with E-state index in [2.05, 4.69) is 77.4 Å². The van der Waals surface area contributed by atoms with Crippen LogP contribution in [0.4, 0.5) is 17.6 Å². The molecule has 2 N–H and O–H groups in total. The summed E-state index contributed by atoms with van der Waals surface area (Å²) in [6.07, 6.45) is 1.68. The zero-order valence-electron chi connectivity index (χ0n) is 18.3. The van der Waals surface area contributed by atoms with Crippen molar-refractivity contribution in [2.75, 3.05) is 30.4 Å². The molecule has 0 bridgehead atoms. The molecule has 0 spiro atoms. The topological polar surface area (TPSA) is 73.0 Å². The van der Waals surface area contributed by atoms with Crippen LogP contribution in [0.1, 0.15) is 37.7 Å². The van der Waals surface area contributed by atoms with Gasteiger partial charge in [-0.2, -0.15) is 10.1 Å². The Morgan fingerprint density at radius 3 is 2.57 bits per heavy atom. The van der Waals surface area contributed by atoms with Crippen LogP contribution in [0.2, 0.25) is 0 Å². The second-order valence-electron chi connectivity index (χ2n) is 8.25. The van der Waals surface area contributed by atoms with Gasteiger partial charge in [-0.1, -0.05) is 37.3 Å². The van der Waals surface area contributed by atoms with Gasteiger partial charge < -0.3 is 10.2 Å². The second-order valence-corrected chi connectivity index (χ2v) is 8.25. The SMILES string of the molecule is CCc1cc(Nc2cc(Cc3ccccc3)nc(N3C[C@H](C)N(C)C[C@@H]3C)n2)n[nH]1. The first-order valence-electron chi connectivity index (χ1n) is 10.7. The van der Waals surface area contributed by atoms with Crippen LogP contribution in [0.5, 0.6) is 0 Å². The average Bonchev–Trinajstić information content (AvgIpc) is 3.19. The summed E-state index contributed by atoms with van der Waals surface area (Å²) in [5, 5.41) is 10.8. The van der Waals surface area contributed by atoms with E-state index in [1.807, 2.05) is 18.2 Å². The maximum Gasteiger partial charge on any atom is 0.227 e. The van der Waals surface area contributed by atoms with Crippen molar-refractivity contribution in [3.05, 3.63) is 59.4 Å². The summed E-state index contributed by atoms with van der Waals surface area (Å²) in [6, 6.07) is 15.3. The lowest BCUT2D eigenvalue weighted by Crippen LogP contribution is -2.55. The van der Waals surface area contributed by atoms with Crippen molar-refractivity contribution in [2.45, 2.75) is 45.7 Å². The van der Waals surface area contributed by atoms with Crippen molar-refractivity contribution in [1.29, 1.82) is 0 Å². The van der Waals surface area contributed by atoms with E-state index in [9.17, 15) is 0 Å². The summed E-state index contributed by atoms with van der Waals surface area (Å²) in [6.45, 7) is 8.50. The van der Waals surface area contributed by atoms with E-state index < -0.39 is 0 Å². The molecular formula is C23H31N7. The van der Waals surface area contributed by atoms with Crippen molar-refractivity contribution in [3.63, 3.8) is 0 Å². The van der Waals surface area contributed by atoms with Crippen LogP contribution in [-0.2, 0) is 12.8 Å². The Bertz CT molecular complexity index is 969. The van der Waals surface area contributed by atoms with Crippen molar-refractivity contribution in [1.82, 2.24) is 25.1 Å². The molecule has 1 saturated heterocycles. The van der Waals surface area contributed by atoms with Crippen molar-refractivity contribution in [3.8, 4) is 0 Å². The highest BCUT2D eigenvalue weighted by atomic mass is 15.4. The molecule has 0 aliphatic carbocycles. The molecule has 2 aromatic heterocycles. The number of hydrogen-bond acceptors (Lipinski definition) is 6. The molecule has 7 nitrogen and oxygen atoms in total. The van der Waals surface area contributed by atoms with Gasteiger partial charge in [0.25, 0.3) is 0 Å². The summed E-state index contributed by atoms with van der Waals surface area (Å²) >= 11 is 0. The zero-order chi connectivity index (χ0) is 21.1. The minimum Gasteiger partial charge on any atom is -0.335 e. The minimum atomic E-state index is 0.350. The van der Waals surface area contributed by atoms with E-state index >= 15 is 0 Å². The standard InChI is InChI=1S/C23H31N7/c1-5-19-12-22(28-27-19)25-21-13-20(11-18-9-7-6-8-10-18)24-23(26-21)30-15-16(2)29(4)14-17(30)3/h6-10,12-13,16-17H,5,11,14-15H2,1-4H3,(H2,24,25,26,27,28)/t16-,17-/m0/s1. The fraction of sp³-hybridized carbons (Fsp3) is 0.435. The average molecular weight is 406 g/mol. The number of rotatable bonds is 6. The number of aryl methyl sites for hydroxylation is 1. The molecule has 3 aromatic rings. The first-order chi connectivity index (χ1) is 14.5. The van der Waals surface area contributed by atoms with Crippen molar-refractivity contribution in [2.24, 2.45) is 0 Å². The van der Waals surface area contributed by atoms with Gasteiger partial charge in [0.15, 0.2) is 5.82 Å². The van der Waals surface area contributed by atoms with Gasteiger partial charge in [0.05, 0.1) is 5.69 Å².